The summed E-state index contributed by atoms with van der Waals surface area (Å²) in [5.41, 5.74) is 0. The molecule has 0 unspecified atom stereocenters. The zero-order valence-corrected chi connectivity index (χ0v) is 13.3. The molecule has 0 N–H and O–H groups in total. The van der Waals surface area contributed by atoms with Crippen molar-refractivity contribution in [2.45, 2.75) is 77.6 Å². The highest BCUT2D eigenvalue weighted by Crippen LogP contribution is 2.13. The Labute approximate surface area is 123 Å². The third-order valence-electron chi connectivity index (χ3n) is 3.87. The number of hydrogen-bond donors (Lipinski definition) is 0. The van der Waals surface area contributed by atoms with Crippen molar-refractivity contribution in [1.29, 1.82) is 0 Å². The van der Waals surface area contributed by atoms with Gasteiger partial charge in [0.15, 0.2) is 0 Å². The Balaban J connectivity index is 2.24. The van der Waals surface area contributed by atoms with E-state index in [2.05, 4.69) is 11.8 Å². The van der Waals surface area contributed by atoms with Crippen molar-refractivity contribution in [1.82, 2.24) is 4.90 Å². The molecule has 0 atom stereocenters. The molecule has 0 aromatic rings. The van der Waals surface area contributed by atoms with E-state index in [0.29, 0.717) is 12.2 Å². The highest BCUT2D eigenvalue weighted by atomic mass is 32.1. The van der Waals surface area contributed by atoms with Crippen LogP contribution in [0.3, 0.4) is 0 Å². The molecule has 0 aromatic carbocycles. The molecule has 1 aliphatic heterocycles. The summed E-state index contributed by atoms with van der Waals surface area (Å²) in [4.78, 5) is 14.9. The lowest BCUT2D eigenvalue weighted by Crippen LogP contribution is -2.32. The monoisotopic (exact) mass is 283 g/mol. The van der Waals surface area contributed by atoms with Crippen LogP contribution in [0.15, 0.2) is 0 Å². The van der Waals surface area contributed by atoms with Gasteiger partial charge < -0.3 is 4.90 Å². The van der Waals surface area contributed by atoms with Gasteiger partial charge in [0.1, 0.15) is 5.78 Å². The number of rotatable bonds is 7. The number of carbonyl (C=O) groups is 1. The summed E-state index contributed by atoms with van der Waals surface area (Å²) in [6.07, 6.45) is 12.5. The van der Waals surface area contributed by atoms with Gasteiger partial charge in [0.05, 0.1) is 11.4 Å². The first-order chi connectivity index (χ1) is 9.24. The average molecular weight is 283 g/mol. The Morgan fingerprint density at radius 3 is 2.58 bits per heavy atom. The van der Waals surface area contributed by atoms with E-state index in [9.17, 15) is 4.79 Å². The van der Waals surface area contributed by atoms with E-state index in [-0.39, 0.29) is 0 Å². The Hall–Kier alpha value is -0.440. The van der Waals surface area contributed by atoms with Crippen molar-refractivity contribution in [3.05, 3.63) is 0 Å². The van der Waals surface area contributed by atoms with Gasteiger partial charge in [0.25, 0.3) is 0 Å². The quantitative estimate of drug-likeness (QED) is 0.506. The van der Waals surface area contributed by atoms with Crippen molar-refractivity contribution < 1.29 is 4.79 Å². The van der Waals surface area contributed by atoms with Crippen molar-refractivity contribution in [3.63, 3.8) is 0 Å². The minimum atomic E-state index is 0.333. The second kappa shape index (κ2) is 10.4. The summed E-state index contributed by atoms with van der Waals surface area (Å²) in [5.74, 6) is 0.333. The third kappa shape index (κ3) is 7.66. The zero-order valence-electron chi connectivity index (χ0n) is 12.5. The van der Waals surface area contributed by atoms with Crippen LogP contribution in [-0.4, -0.2) is 28.8 Å². The molecule has 0 bridgehead atoms. The molecule has 0 saturated carbocycles. The lowest BCUT2D eigenvalue weighted by Gasteiger charge is -2.24. The van der Waals surface area contributed by atoms with Gasteiger partial charge in [-0.25, -0.2) is 0 Å². The van der Waals surface area contributed by atoms with E-state index >= 15 is 0 Å². The zero-order chi connectivity index (χ0) is 13.9. The molecule has 1 aliphatic rings. The van der Waals surface area contributed by atoms with Gasteiger partial charge in [-0.15, -0.1) is 0 Å². The van der Waals surface area contributed by atoms with Gasteiger partial charge in [-0.2, -0.15) is 0 Å². The predicted molar refractivity (Wildman–Crippen MR) is 85.6 cm³/mol. The Bertz CT molecular complexity index is 278. The van der Waals surface area contributed by atoms with Crippen molar-refractivity contribution in [2.24, 2.45) is 0 Å². The van der Waals surface area contributed by atoms with Gasteiger partial charge in [-0.3, -0.25) is 4.79 Å². The maximum absolute atomic E-state index is 11.7. The molecule has 1 heterocycles. The number of thiocarbonyl (C=S) groups is 1. The lowest BCUT2D eigenvalue weighted by molar-refractivity contribution is -0.118. The third-order valence-corrected chi connectivity index (χ3v) is 4.27. The van der Waals surface area contributed by atoms with Crippen molar-refractivity contribution in [3.8, 4) is 0 Å². The van der Waals surface area contributed by atoms with Crippen LogP contribution in [0.5, 0.6) is 0 Å². The summed E-state index contributed by atoms with van der Waals surface area (Å²) >= 11 is 5.44. The molecule has 0 radical (unpaired) electrons. The largest absolute Gasteiger partial charge is 0.366 e. The molecule has 110 valence electrons. The second-order valence-corrected chi connectivity index (χ2v) is 6.15. The summed E-state index contributed by atoms with van der Waals surface area (Å²) in [6.45, 7) is 4.36. The van der Waals surface area contributed by atoms with Crippen LogP contribution in [0.1, 0.15) is 77.6 Å². The number of Topliss-reactive ketones (excluding diaryl/α,β-unsaturated/α-hetero) is 1. The smallest absolute Gasteiger partial charge is 0.139 e. The minimum Gasteiger partial charge on any atom is -0.366 e. The summed E-state index contributed by atoms with van der Waals surface area (Å²) in [7, 11) is 0. The SMILES string of the molecule is CCCCCCCCN1CCCCCC(=O)CC1=S. The maximum atomic E-state index is 11.7. The molecule has 1 rings (SSSR count). The molecule has 1 saturated heterocycles. The first kappa shape index (κ1) is 16.6. The Morgan fingerprint density at radius 2 is 1.79 bits per heavy atom. The fraction of sp³-hybridized carbons (Fsp3) is 0.875. The van der Waals surface area contributed by atoms with Crippen LogP contribution >= 0.6 is 12.2 Å². The molecule has 0 spiro atoms. The van der Waals surface area contributed by atoms with E-state index in [1.54, 1.807) is 0 Å². The van der Waals surface area contributed by atoms with Gasteiger partial charge in [-0.1, -0.05) is 57.7 Å². The summed E-state index contributed by atoms with van der Waals surface area (Å²) < 4.78 is 0. The fourth-order valence-corrected chi connectivity index (χ4v) is 2.96. The Morgan fingerprint density at radius 1 is 1.05 bits per heavy atom. The molecular formula is C16H29NOS. The Kier molecular flexibility index (Phi) is 9.06. The molecule has 0 aromatic heterocycles. The first-order valence-corrected chi connectivity index (χ1v) is 8.44. The number of unbranched alkanes of at least 4 members (excludes halogenated alkanes) is 5. The molecule has 19 heavy (non-hydrogen) atoms. The van der Waals surface area contributed by atoms with Crippen LogP contribution in [0.25, 0.3) is 0 Å². The van der Waals surface area contributed by atoms with Crippen LogP contribution in [0.2, 0.25) is 0 Å². The van der Waals surface area contributed by atoms with Crippen LogP contribution < -0.4 is 0 Å². The van der Waals surface area contributed by atoms with E-state index < -0.39 is 0 Å². The summed E-state index contributed by atoms with van der Waals surface area (Å²) in [5, 5.41) is 0. The van der Waals surface area contributed by atoms with E-state index in [1.165, 1.54) is 51.4 Å². The topological polar surface area (TPSA) is 20.3 Å². The fourth-order valence-electron chi connectivity index (χ4n) is 2.61. The molecular weight excluding hydrogens is 254 g/mol. The van der Waals surface area contributed by atoms with Crippen LogP contribution in [0, 0.1) is 0 Å². The van der Waals surface area contributed by atoms with Crippen LogP contribution in [0.4, 0.5) is 0 Å². The number of carbonyl (C=O) groups excluding carboxylic acids is 1. The van der Waals surface area contributed by atoms with E-state index in [1.807, 2.05) is 0 Å². The molecule has 0 amide bonds. The molecule has 1 fully saturated rings. The number of ketones is 1. The molecule has 2 nitrogen and oxygen atoms in total. The second-order valence-electron chi connectivity index (χ2n) is 5.67. The summed E-state index contributed by atoms with van der Waals surface area (Å²) in [6, 6.07) is 0. The minimum absolute atomic E-state index is 0.333. The maximum Gasteiger partial charge on any atom is 0.139 e. The highest BCUT2D eigenvalue weighted by Gasteiger charge is 2.15. The first-order valence-electron chi connectivity index (χ1n) is 8.03. The molecule has 0 aliphatic carbocycles. The number of nitrogens with zero attached hydrogens (tertiary/aromatic N) is 1. The van der Waals surface area contributed by atoms with Gasteiger partial charge in [0.2, 0.25) is 0 Å². The average Bonchev–Trinajstić information content (AvgIpc) is 2.46. The van der Waals surface area contributed by atoms with Gasteiger partial charge >= 0.3 is 0 Å². The van der Waals surface area contributed by atoms with Crippen molar-refractivity contribution in [2.75, 3.05) is 13.1 Å². The lowest BCUT2D eigenvalue weighted by atomic mass is 10.1. The van der Waals surface area contributed by atoms with Gasteiger partial charge in [-0.05, 0) is 19.3 Å². The van der Waals surface area contributed by atoms with Crippen LogP contribution in [-0.2, 0) is 4.79 Å². The predicted octanol–water partition coefficient (Wildman–Crippen LogP) is 4.51. The van der Waals surface area contributed by atoms with E-state index in [4.69, 9.17) is 12.2 Å². The van der Waals surface area contributed by atoms with E-state index in [0.717, 1.165) is 30.9 Å². The highest BCUT2D eigenvalue weighted by molar-refractivity contribution is 7.80. The van der Waals surface area contributed by atoms with Crippen molar-refractivity contribution >= 4 is 23.0 Å². The standard InChI is InChI=1S/C16H29NOS/c1-2-3-4-5-6-9-12-17-13-10-7-8-11-15(18)14-16(17)19/h2-14H2,1H3. The van der Waals surface area contributed by atoms with Gasteiger partial charge in [0, 0.05) is 19.5 Å². The molecule has 3 heteroatoms. The number of hydrogen-bond acceptors (Lipinski definition) is 2. The normalized spacial score (nSPS) is 18.1.